The molecule has 1 saturated heterocycles. The van der Waals surface area contributed by atoms with Crippen LogP contribution in [0.5, 0.6) is 0 Å². The van der Waals surface area contributed by atoms with Gasteiger partial charge in [0.05, 0.1) is 11.6 Å². The van der Waals surface area contributed by atoms with E-state index in [-0.39, 0.29) is 11.3 Å². The summed E-state index contributed by atoms with van der Waals surface area (Å²) in [5.74, 6) is -1.44. The van der Waals surface area contributed by atoms with E-state index < -0.39 is 17.7 Å². The third-order valence-corrected chi connectivity index (χ3v) is 6.70. The fourth-order valence-electron chi connectivity index (χ4n) is 5.05. The van der Waals surface area contributed by atoms with Gasteiger partial charge in [-0.3, -0.25) is 19.5 Å². The Morgan fingerprint density at radius 1 is 0.939 bits per heavy atom. The van der Waals surface area contributed by atoms with Gasteiger partial charge in [0.25, 0.3) is 11.7 Å². The van der Waals surface area contributed by atoms with Gasteiger partial charge in [0, 0.05) is 23.6 Å². The summed E-state index contributed by atoms with van der Waals surface area (Å²) in [6, 6.07) is 14.5. The highest BCUT2D eigenvalue weighted by atomic mass is 16.3. The van der Waals surface area contributed by atoms with E-state index in [0.717, 1.165) is 36.0 Å². The second-order valence-corrected chi connectivity index (χ2v) is 8.93. The molecule has 0 radical (unpaired) electrons. The minimum Gasteiger partial charge on any atom is -0.507 e. The monoisotopic (exact) mass is 438 g/mol. The number of fused-ring (bicyclic) bond motifs is 1. The first-order valence-corrected chi connectivity index (χ1v) is 11.4. The highest BCUT2D eigenvalue weighted by molar-refractivity contribution is 6.51. The summed E-state index contributed by atoms with van der Waals surface area (Å²) in [6.07, 6.45) is 7.55. The highest BCUT2D eigenvalue weighted by Crippen LogP contribution is 2.43. The molecule has 3 aromatic rings. The average Bonchev–Trinajstić information content (AvgIpc) is 3.09. The molecule has 33 heavy (non-hydrogen) atoms. The Hall–Kier alpha value is -3.73. The molecule has 1 unspecified atom stereocenters. The van der Waals surface area contributed by atoms with E-state index in [0.29, 0.717) is 11.3 Å². The van der Waals surface area contributed by atoms with Crippen LogP contribution in [0, 0.1) is 13.8 Å². The SMILES string of the molecule is Cc1ccc(N2C(=O)C(=O)/C(=C(\O)c3ccc4c(c3)CCCC4)C2c2ccncc2)c(C)c1. The Kier molecular flexibility index (Phi) is 5.33. The predicted octanol–water partition coefficient (Wildman–Crippen LogP) is 5.20. The third kappa shape index (κ3) is 3.63. The van der Waals surface area contributed by atoms with Crippen LogP contribution in [0.3, 0.4) is 0 Å². The van der Waals surface area contributed by atoms with Gasteiger partial charge in [0.2, 0.25) is 0 Å². The van der Waals surface area contributed by atoms with Gasteiger partial charge in [-0.15, -0.1) is 0 Å². The van der Waals surface area contributed by atoms with E-state index in [1.165, 1.54) is 22.4 Å². The van der Waals surface area contributed by atoms with Crippen LogP contribution >= 0.6 is 0 Å². The summed E-state index contributed by atoms with van der Waals surface area (Å²) >= 11 is 0. The second kappa shape index (κ2) is 8.32. The zero-order valence-electron chi connectivity index (χ0n) is 18.8. The molecule has 2 aliphatic rings. The minimum atomic E-state index is -0.731. The van der Waals surface area contributed by atoms with E-state index in [4.69, 9.17) is 0 Å². The summed E-state index contributed by atoms with van der Waals surface area (Å²) in [5, 5.41) is 11.4. The van der Waals surface area contributed by atoms with Gasteiger partial charge in [-0.05, 0) is 86.1 Å². The van der Waals surface area contributed by atoms with Crippen LogP contribution in [-0.2, 0) is 22.4 Å². The molecule has 5 nitrogen and oxygen atoms in total. The molecule has 1 fully saturated rings. The van der Waals surface area contributed by atoms with E-state index in [9.17, 15) is 14.7 Å². The number of Topliss-reactive ketones (excluding diaryl/α,β-unsaturated/α-hetero) is 1. The lowest BCUT2D eigenvalue weighted by atomic mass is 9.89. The van der Waals surface area contributed by atoms with Gasteiger partial charge in [-0.1, -0.05) is 29.8 Å². The Bertz CT molecular complexity index is 1290. The molecule has 0 bridgehead atoms. The maximum Gasteiger partial charge on any atom is 0.300 e. The first-order chi connectivity index (χ1) is 16.0. The number of aryl methyl sites for hydroxylation is 4. The number of benzene rings is 2. The van der Waals surface area contributed by atoms with Crippen molar-refractivity contribution < 1.29 is 14.7 Å². The van der Waals surface area contributed by atoms with E-state index >= 15 is 0 Å². The van der Waals surface area contributed by atoms with E-state index in [2.05, 4.69) is 4.98 Å². The zero-order chi connectivity index (χ0) is 23.1. The third-order valence-electron chi connectivity index (χ3n) is 6.70. The first-order valence-electron chi connectivity index (χ1n) is 11.4. The lowest BCUT2D eigenvalue weighted by Crippen LogP contribution is -2.30. The first kappa shape index (κ1) is 21.1. The minimum absolute atomic E-state index is 0.113. The number of pyridine rings is 1. The van der Waals surface area contributed by atoms with Crippen LogP contribution in [-0.4, -0.2) is 21.8 Å². The molecular weight excluding hydrogens is 412 g/mol. The lowest BCUT2D eigenvalue weighted by Gasteiger charge is -2.27. The van der Waals surface area contributed by atoms with Crippen molar-refractivity contribution in [1.82, 2.24) is 4.98 Å². The Balaban J connectivity index is 1.70. The van der Waals surface area contributed by atoms with Crippen LogP contribution in [0.2, 0.25) is 0 Å². The maximum absolute atomic E-state index is 13.3. The number of nitrogens with zero attached hydrogens (tertiary/aromatic N) is 2. The summed E-state index contributed by atoms with van der Waals surface area (Å²) < 4.78 is 0. The fraction of sp³-hybridized carbons (Fsp3) is 0.250. The molecule has 5 heteroatoms. The van der Waals surface area contributed by atoms with Gasteiger partial charge >= 0.3 is 0 Å². The predicted molar refractivity (Wildman–Crippen MR) is 128 cm³/mol. The molecular formula is C28H26N2O3. The van der Waals surface area contributed by atoms with Crippen molar-refractivity contribution >= 4 is 23.1 Å². The van der Waals surface area contributed by atoms with Crippen molar-refractivity contribution in [2.75, 3.05) is 4.90 Å². The molecule has 1 N–H and O–H groups in total. The number of hydrogen-bond donors (Lipinski definition) is 1. The Morgan fingerprint density at radius 2 is 1.67 bits per heavy atom. The number of ketones is 1. The number of hydrogen-bond acceptors (Lipinski definition) is 4. The second-order valence-electron chi connectivity index (χ2n) is 8.93. The number of aromatic nitrogens is 1. The topological polar surface area (TPSA) is 70.5 Å². The van der Waals surface area contributed by atoms with Crippen molar-refractivity contribution in [3.8, 4) is 0 Å². The number of carbonyl (C=O) groups excluding carboxylic acids is 2. The lowest BCUT2D eigenvalue weighted by molar-refractivity contribution is -0.132. The smallest absolute Gasteiger partial charge is 0.300 e. The molecule has 2 heterocycles. The van der Waals surface area contributed by atoms with Gasteiger partial charge in [0.15, 0.2) is 0 Å². The molecule has 1 atom stereocenters. The number of anilines is 1. The standard InChI is InChI=1S/C28H26N2O3/c1-17-7-10-23(18(2)15-17)30-25(20-11-13-29-14-12-20)24(27(32)28(30)33)26(31)22-9-8-19-5-3-4-6-21(19)16-22/h7-16,25,31H,3-6H2,1-2H3/b26-24-. The summed E-state index contributed by atoms with van der Waals surface area (Å²) in [4.78, 5) is 32.3. The number of carbonyl (C=O) groups is 2. The van der Waals surface area contributed by atoms with Crippen molar-refractivity contribution in [1.29, 1.82) is 0 Å². The van der Waals surface area contributed by atoms with Crippen LogP contribution in [0.25, 0.3) is 5.76 Å². The van der Waals surface area contributed by atoms with Crippen molar-refractivity contribution in [3.05, 3.63) is 99.9 Å². The van der Waals surface area contributed by atoms with Crippen molar-refractivity contribution in [3.63, 3.8) is 0 Å². The van der Waals surface area contributed by atoms with Gasteiger partial charge in [-0.25, -0.2) is 0 Å². The van der Waals surface area contributed by atoms with E-state index in [1.54, 1.807) is 24.5 Å². The maximum atomic E-state index is 13.3. The molecule has 166 valence electrons. The van der Waals surface area contributed by atoms with Gasteiger partial charge < -0.3 is 5.11 Å². The van der Waals surface area contributed by atoms with Crippen molar-refractivity contribution in [2.45, 2.75) is 45.6 Å². The largest absolute Gasteiger partial charge is 0.507 e. The molecule has 2 aromatic carbocycles. The van der Waals surface area contributed by atoms with Crippen molar-refractivity contribution in [2.24, 2.45) is 0 Å². The van der Waals surface area contributed by atoms with Crippen LogP contribution < -0.4 is 4.90 Å². The molecule has 5 rings (SSSR count). The molecule has 0 spiro atoms. The number of rotatable bonds is 3. The summed E-state index contributed by atoms with van der Waals surface area (Å²) in [6.45, 7) is 3.91. The number of aliphatic hydroxyl groups excluding tert-OH is 1. The fourth-order valence-corrected chi connectivity index (χ4v) is 5.05. The van der Waals surface area contributed by atoms with Gasteiger partial charge in [-0.2, -0.15) is 0 Å². The van der Waals surface area contributed by atoms with Crippen LogP contribution in [0.1, 0.15) is 52.3 Å². The number of amides is 1. The summed E-state index contributed by atoms with van der Waals surface area (Å²) in [7, 11) is 0. The Morgan fingerprint density at radius 3 is 2.39 bits per heavy atom. The zero-order valence-corrected chi connectivity index (χ0v) is 18.8. The van der Waals surface area contributed by atoms with Crippen LogP contribution in [0.15, 0.2) is 66.5 Å². The number of aliphatic hydroxyl groups is 1. The summed E-state index contributed by atoms with van der Waals surface area (Å²) in [5.41, 5.74) is 6.54. The highest BCUT2D eigenvalue weighted by Gasteiger charge is 2.47. The molecule has 0 saturated carbocycles. The molecule has 1 aliphatic heterocycles. The quantitative estimate of drug-likeness (QED) is 0.346. The van der Waals surface area contributed by atoms with Crippen LogP contribution in [0.4, 0.5) is 5.69 Å². The molecule has 1 aliphatic carbocycles. The molecule has 1 amide bonds. The van der Waals surface area contributed by atoms with E-state index in [1.807, 2.05) is 50.2 Å². The van der Waals surface area contributed by atoms with Gasteiger partial charge in [0.1, 0.15) is 5.76 Å². The normalized spacial score (nSPS) is 19.6. The Labute approximate surface area is 193 Å². The molecule has 1 aromatic heterocycles. The average molecular weight is 439 g/mol.